The molecule has 0 bridgehead atoms. The Labute approximate surface area is 188 Å². The summed E-state index contributed by atoms with van der Waals surface area (Å²) >= 11 is 0. The fourth-order valence-electron chi connectivity index (χ4n) is 3.69. The lowest BCUT2D eigenvalue weighted by Crippen LogP contribution is -2.32. The van der Waals surface area contributed by atoms with E-state index in [9.17, 15) is 26.7 Å². The molecule has 0 amide bonds. The first-order valence-electron chi connectivity index (χ1n) is 10.1. The first-order chi connectivity index (χ1) is 15.1. The molecule has 1 unspecified atom stereocenters. The summed E-state index contributed by atoms with van der Waals surface area (Å²) < 4.78 is 52.7. The molecule has 32 heavy (non-hydrogen) atoms. The molecule has 2 N–H and O–H groups in total. The van der Waals surface area contributed by atoms with Crippen molar-refractivity contribution in [2.75, 3.05) is 19.6 Å². The van der Waals surface area contributed by atoms with Crippen molar-refractivity contribution < 1.29 is 26.7 Å². The lowest BCUT2D eigenvalue weighted by Gasteiger charge is -2.18. The molecule has 172 valence electrons. The third-order valence-electron chi connectivity index (χ3n) is 5.54. The number of aliphatic carboxylic acids is 1. The van der Waals surface area contributed by atoms with Gasteiger partial charge in [0.1, 0.15) is 0 Å². The summed E-state index contributed by atoms with van der Waals surface area (Å²) in [4.78, 5) is 11.9. The number of nitrogens with zero attached hydrogens (tertiary/aromatic N) is 1. The summed E-state index contributed by atoms with van der Waals surface area (Å²) in [5.74, 6) is -1.90. The van der Waals surface area contributed by atoms with E-state index in [4.69, 9.17) is 0 Å². The van der Waals surface area contributed by atoms with Crippen molar-refractivity contribution >= 4 is 26.0 Å². The van der Waals surface area contributed by atoms with E-state index in [2.05, 4.69) is 11.3 Å². The first-order valence-corrected chi connectivity index (χ1v) is 13.1. The molecule has 2 atom stereocenters. The van der Waals surface area contributed by atoms with Crippen molar-refractivity contribution in [2.24, 2.45) is 5.92 Å². The summed E-state index contributed by atoms with van der Waals surface area (Å²) in [5, 5.41) is 10.5. The molecule has 8 nitrogen and oxygen atoms in total. The quantitative estimate of drug-likeness (QED) is 0.540. The van der Waals surface area contributed by atoms with Crippen LogP contribution in [0.5, 0.6) is 0 Å². The monoisotopic (exact) mass is 478 g/mol. The maximum atomic E-state index is 13.0. The highest BCUT2D eigenvalue weighted by molar-refractivity contribution is 7.92. The van der Waals surface area contributed by atoms with Crippen LogP contribution in [0.4, 0.5) is 0 Å². The molecule has 1 saturated heterocycles. The Morgan fingerprint density at radius 2 is 1.78 bits per heavy atom. The molecule has 0 aromatic heterocycles. The highest BCUT2D eigenvalue weighted by atomic mass is 32.2. The van der Waals surface area contributed by atoms with Crippen LogP contribution in [-0.2, 0) is 31.3 Å². The van der Waals surface area contributed by atoms with Crippen LogP contribution in [0.25, 0.3) is 0 Å². The van der Waals surface area contributed by atoms with E-state index in [1.165, 1.54) is 16.4 Å². The Morgan fingerprint density at radius 1 is 1.12 bits per heavy atom. The molecule has 0 spiro atoms. The zero-order chi connectivity index (χ0) is 23.4. The van der Waals surface area contributed by atoms with Crippen molar-refractivity contribution in [2.45, 2.75) is 23.7 Å². The highest BCUT2D eigenvalue weighted by Gasteiger charge is 2.33. The van der Waals surface area contributed by atoms with Gasteiger partial charge >= 0.3 is 5.97 Å². The van der Waals surface area contributed by atoms with Gasteiger partial charge in [-0.1, -0.05) is 49.0 Å². The minimum atomic E-state index is -3.76. The molecule has 1 aliphatic rings. The van der Waals surface area contributed by atoms with Crippen molar-refractivity contribution in [1.82, 2.24) is 9.03 Å². The second-order valence-electron chi connectivity index (χ2n) is 7.73. The van der Waals surface area contributed by atoms with Crippen LogP contribution in [0.1, 0.15) is 23.5 Å². The molecular weight excluding hydrogens is 452 g/mol. The number of nitrogens with one attached hydrogen (secondary N) is 1. The second kappa shape index (κ2) is 9.95. The number of carbonyl (C=O) groups is 1. The van der Waals surface area contributed by atoms with E-state index in [-0.39, 0.29) is 30.4 Å². The third-order valence-corrected chi connectivity index (χ3v) is 8.43. The molecule has 0 saturated carbocycles. The minimum absolute atomic E-state index is 0.0809. The summed E-state index contributed by atoms with van der Waals surface area (Å²) in [6, 6.07) is 15.2. The van der Waals surface area contributed by atoms with Crippen molar-refractivity contribution in [3.63, 3.8) is 0 Å². The van der Waals surface area contributed by atoms with E-state index in [1.54, 1.807) is 12.1 Å². The molecule has 1 fully saturated rings. The number of carboxylic acid groups (broad SMARTS) is 1. The molecule has 2 aromatic rings. The zero-order valence-corrected chi connectivity index (χ0v) is 19.1. The summed E-state index contributed by atoms with van der Waals surface area (Å²) in [7, 11) is -7.32. The van der Waals surface area contributed by atoms with Gasteiger partial charge in [0.15, 0.2) is 0 Å². The summed E-state index contributed by atoms with van der Waals surface area (Å²) in [6.07, 6.45) is 0.839. The van der Waals surface area contributed by atoms with Crippen molar-refractivity contribution in [1.29, 1.82) is 0 Å². The van der Waals surface area contributed by atoms with Gasteiger partial charge in [0.05, 0.1) is 10.8 Å². The number of benzene rings is 2. The highest BCUT2D eigenvalue weighted by Crippen LogP contribution is 2.27. The number of rotatable bonds is 10. The van der Waals surface area contributed by atoms with Crippen molar-refractivity contribution in [3.05, 3.63) is 77.7 Å². The fourth-order valence-corrected chi connectivity index (χ4v) is 5.81. The van der Waals surface area contributed by atoms with Gasteiger partial charge in [0.2, 0.25) is 20.0 Å². The van der Waals surface area contributed by atoms with Gasteiger partial charge in [-0.3, -0.25) is 4.79 Å². The van der Waals surface area contributed by atoms with Crippen LogP contribution >= 0.6 is 0 Å². The average molecular weight is 479 g/mol. The Hall–Kier alpha value is -2.53. The van der Waals surface area contributed by atoms with Crippen LogP contribution in [0.15, 0.2) is 71.5 Å². The van der Waals surface area contributed by atoms with Crippen LogP contribution in [-0.4, -0.2) is 51.9 Å². The van der Waals surface area contributed by atoms with Gasteiger partial charge in [0.25, 0.3) is 0 Å². The lowest BCUT2D eigenvalue weighted by molar-refractivity contribution is -0.138. The maximum absolute atomic E-state index is 13.0. The van der Waals surface area contributed by atoms with Gasteiger partial charge in [0, 0.05) is 25.0 Å². The predicted octanol–water partition coefficient (Wildman–Crippen LogP) is 2.17. The Balaban J connectivity index is 1.70. The van der Waals surface area contributed by atoms with Gasteiger partial charge in [-0.05, 0) is 42.0 Å². The van der Waals surface area contributed by atoms with E-state index < -0.39 is 31.9 Å². The predicted molar refractivity (Wildman–Crippen MR) is 121 cm³/mol. The third kappa shape index (κ3) is 5.83. The first kappa shape index (κ1) is 24.1. The normalized spacial score (nSPS) is 18.3. The minimum Gasteiger partial charge on any atom is -0.481 e. The number of hydrogen-bond donors (Lipinski definition) is 2. The van der Waals surface area contributed by atoms with Gasteiger partial charge < -0.3 is 5.11 Å². The Bertz CT molecular complexity index is 1160. The maximum Gasteiger partial charge on any atom is 0.311 e. The zero-order valence-electron chi connectivity index (χ0n) is 17.4. The molecule has 1 aliphatic heterocycles. The van der Waals surface area contributed by atoms with Gasteiger partial charge in [-0.15, -0.1) is 0 Å². The second-order valence-corrected chi connectivity index (χ2v) is 11.4. The molecular formula is C22H26N2O6S2. The summed E-state index contributed by atoms with van der Waals surface area (Å²) in [6.45, 7) is 3.86. The summed E-state index contributed by atoms with van der Waals surface area (Å²) in [5.41, 5.74) is 1.41. The van der Waals surface area contributed by atoms with Crippen LogP contribution in [0, 0.1) is 5.92 Å². The number of sulfonamides is 2. The van der Waals surface area contributed by atoms with E-state index in [1.807, 2.05) is 30.3 Å². The largest absolute Gasteiger partial charge is 0.481 e. The van der Waals surface area contributed by atoms with Gasteiger partial charge in [-0.25, -0.2) is 21.6 Å². The van der Waals surface area contributed by atoms with Crippen LogP contribution in [0.2, 0.25) is 0 Å². The average Bonchev–Trinajstić information content (AvgIpc) is 3.27. The van der Waals surface area contributed by atoms with Crippen LogP contribution < -0.4 is 4.72 Å². The van der Waals surface area contributed by atoms with Crippen LogP contribution in [0.3, 0.4) is 0 Å². The molecule has 0 radical (unpaired) electrons. The van der Waals surface area contributed by atoms with E-state index >= 15 is 0 Å². The molecule has 10 heteroatoms. The molecule has 1 heterocycles. The smallest absolute Gasteiger partial charge is 0.311 e. The molecule has 2 aromatic carbocycles. The van der Waals surface area contributed by atoms with Gasteiger partial charge in [-0.2, -0.15) is 4.31 Å². The van der Waals surface area contributed by atoms with Crippen molar-refractivity contribution in [3.8, 4) is 0 Å². The Morgan fingerprint density at radius 3 is 2.38 bits per heavy atom. The molecule has 0 aliphatic carbocycles. The SMILES string of the molecule is C=CS(=O)(=O)NC[C@H]1CCN(S(=O)(=O)c2ccc(C(Cc3ccccc3)C(=O)O)cc2)C1. The topological polar surface area (TPSA) is 121 Å². The molecule has 3 rings (SSSR count). The number of hydrogen-bond acceptors (Lipinski definition) is 5. The lowest BCUT2D eigenvalue weighted by atomic mass is 9.92. The standard InChI is InChI=1S/C22H26N2O6S2/c1-2-31(27,28)23-15-18-12-13-24(16-18)32(29,30)20-10-8-19(9-11-20)21(22(25)26)14-17-6-4-3-5-7-17/h2-11,18,21,23H,1,12-16H2,(H,25,26)/t18-,21?/m1/s1. The Kier molecular flexibility index (Phi) is 7.50. The number of carboxylic acids is 1. The van der Waals surface area contributed by atoms with E-state index in [0.717, 1.165) is 11.0 Å². The van der Waals surface area contributed by atoms with E-state index in [0.29, 0.717) is 18.4 Å². The fraction of sp³-hybridized carbons (Fsp3) is 0.318.